The molecule has 1 fully saturated rings. The number of imidazole rings is 1. The van der Waals surface area contributed by atoms with Gasteiger partial charge in [0.25, 0.3) is 0 Å². The van der Waals surface area contributed by atoms with Crippen LogP contribution in [0.4, 0.5) is 5.82 Å². The number of aliphatic hydroxyl groups is 1. The Morgan fingerprint density at radius 3 is 2.74 bits per heavy atom. The summed E-state index contributed by atoms with van der Waals surface area (Å²) < 4.78 is 14.4. The zero-order valence-electron chi connectivity index (χ0n) is 16.8. The Bertz CT molecular complexity index is 789. The second-order valence-corrected chi connectivity index (χ2v) is 13.6. The monoisotopic (exact) mass is 393 g/mol. The van der Waals surface area contributed by atoms with Crippen molar-refractivity contribution in [3.05, 3.63) is 12.7 Å². The van der Waals surface area contributed by atoms with E-state index >= 15 is 0 Å². The lowest BCUT2D eigenvalue weighted by Gasteiger charge is -2.37. The summed E-state index contributed by atoms with van der Waals surface area (Å²) in [5.41, 5.74) is 6.97. The predicted molar refractivity (Wildman–Crippen MR) is 107 cm³/mol. The molecule has 3 atom stereocenters. The molecule has 0 bridgehead atoms. The van der Waals surface area contributed by atoms with Gasteiger partial charge in [-0.3, -0.25) is 4.57 Å². The first-order valence-corrected chi connectivity index (χ1v) is 12.4. The van der Waals surface area contributed by atoms with Gasteiger partial charge >= 0.3 is 0 Å². The van der Waals surface area contributed by atoms with E-state index in [4.69, 9.17) is 14.9 Å². The van der Waals surface area contributed by atoms with Crippen LogP contribution in [0.15, 0.2) is 12.7 Å². The lowest BCUT2D eigenvalue weighted by atomic mass is 10.1. The first-order valence-electron chi connectivity index (χ1n) is 9.50. The second kappa shape index (κ2) is 7.46. The first-order chi connectivity index (χ1) is 12.6. The van der Waals surface area contributed by atoms with Gasteiger partial charge in [0.1, 0.15) is 11.8 Å². The van der Waals surface area contributed by atoms with Crippen molar-refractivity contribution in [1.82, 2.24) is 19.5 Å². The minimum absolute atomic E-state index is 0.0853. The minimum atomic E-state index is -1.86. The summed E-state index contributed by atoms with van der Waals surface area (Å²) in [4.78, 5) is 12.5. The topological polar surface area (TPSA) is 108 Å². The fourth-order valence-corrected chi connectivity index (χ4v) is 4.04. The number of hydrogen-bond donors (Lipinski definition) is 2. The Labute approximate surface area is 161 Å². The van der Waals surface area contributed by atoms with Crippen molar-refractivity contribution >= 4 is 25.3 Å². The molecule has 0 aromatic carbocycles. The average Bonchev–Trinajstić information content (AvgIpc) is 2.92. The summed E-state index contributed by atoms with van der Waals surface area (Å²) in [5.74, 6) is 0.319. The van der Waals surface area contributed by atoms with Crippen molar-refractivity contribution in [1.29, 1.82) is 0 Å². The molecule has 0 radical (unpaired) electrons. The fraction of sp³-hybridized carbons (Fsp3) is 0.722. The molecule has 27 heavy (non-hydrogen) atoms. The van der Waals surface area contributed by atoms with Crippen LogP contribution in [-0.4, -0.2) is 51.8 Å². The van der Waals surface area contributed by atoms with Gasteiger partial charge in [-0.2, -0.15) is 0 Å². The molecule has 3 rings (SSSR count). The van der Waals surface area contributed by atoms with Gasteiger partial charge < -0.3 is 20.0 Å². The largest absolute Gasteiger partial charge is 0.414 e. The normalized spacial score (nSPS) is 24.9. The van der Waals surface area contributed by atoms with Gasteiger partial charge in [-0.25, -0.2) is 15.0 Å². The maximum atomic E-state index is 10.6. The average molecular weight is 394 g/mol. The van der Waals surface area contributed by atoms with E-state index in [1.54, 1.807) is 10.9 Å². The van der Waals surface area contributed by atoms with E-state index in [-0.39, 0.29) is 11.1 Å². The van der Waals surface area contributed by atoms with Crippen molar-refractivity contribution in [3.63, 3.8) is 0 Å². The van der Waals surface area contributed by atoms with E-state index in [0.29, 0.717) is 30.0 Å². The highest BCUT2D eigenvalue weighted by molar-refractivity contribution is 6.74. The highest BCUT2D eigenvalue weighted by Crippen LogP contribution is 2.37. The number of nitrogens with two attached hydrogens (primary N) is 1. The second-order valence-electron chi connectivity index (χ2n) is 8.80. The van der Waals surface area contributed by atoms with E-state index in [2.05, 4.69) is 48.8 Å². The van der Waals surface area contributed by atoms with E-state index < -0.39 is 20.6 Å². The van der Waals surface area contributed by atoms with Crippen LogP contribution in [0.5, 0.6) is 0 Å². The van der Waals surface area contributed by atoms with E-state index in [0.717, 1.165) is 12.8 Å². The number of anilines is 1. The number of aromatic nitrogens is 4. The molecule has 0 amide bonds. The Morgan fingerprint density at radius 1 is 1.30 bits per heavy atom. The third-order valence-electron chi connectivity index (χ3n) is 5.78. The summed E-state index contributed by atoms with van der Waals surface area (Å²) >= 11 is 0. The molecule has 3 N–H and O–H groups in total. The quantitative estimate of drug-likeness (QED) is 0.769. The maximum Gasteiger partial charge on any atom is 0.192 e. The van der Waals surface area contributed by atoms with Crippen molar-refractivity contribution < 1.29 is 14.3 Å². The zero-order chi connectivity index (χ0) is 19.8. The van der Waals surface area contributed by atoms with E-state index in [9.17, 15) is 5.11 Å². The third-order valence-corrected chi connectivity index (χ3v) is 10.3. The molecule has 0 aliphatic carbocycles. The van der Waals surface area contributed by atoms with Gasteiger partial charge in [0, 0.05) is 0 Å². The first kappa shape index (κ1) is 20.2. The van der Waals surface area contributed by atoms with Gasteiger partial charge in [0.2, 0.25) is 0 Å². The number of aliphatic hydroxyl groups excluding tert-OH is 1. The molecular formula is C18H31N5O3Si. The van der Waals surface area contributed by atoms with Crippen LogP contribution < -0.4 is 5.73 Å². The summed E-state index contributed by atoms with van der Waals surface area (Å²) in [5, 5.41) is 10.8. The molecule has 9 heteroatoms. The maximum absolute atomic E-state index is 10.6. The van der Waals surface area contributed by atoms with Crippen LogP contribution in [0, 0.1) is 0 Å². The number of hydrogen-bond acceptors (Lipinski definition) is 7. The summed E-state index contributed by atoms with van der Waals surface area (Å²) in [6.07, 6.45) is 4.10. The Balaban J connectivity index is 1.80. The molecule has 3 heterocycles. The fourth-order valence-electron chi connectivity index (χ4n) is 3.00. The van der Waals surface area contributed by atoms with Crippen LogP contribution in [-0.2, 0) is 9.16 Å². The molecule has 2 aromatic rings. The van der Waals surface area contributed by atoms with Gasteiger partial charge in [-0.1, -0.05) is 20.8 Å². The molecule has 1 aliphatic rings. The molecule has 1 saturated heterocycles. The highest BCUT2D eigenvalue weighted by atomic mass is 28.4. The van der Waals surface area contributed by atoms with E-state index in [1.165, 1.54) is 6.33 Å². The number of fused-ring (bicyclic) bond motifs is 1. The summed E-state index contributed by atoms with van der Waals surface area (Å²) in [7, 11) is -1.86. The molecule has 2 aromatic heterocycles. The zero-order valence-corrected chi connectivity index (χ0v) is 17.8. The molecule has 0 spiro atoms. The summed E-state index contributed by atoms with van der Waals surface area (Å²) in [6, 6.07) is 0. The van der Waals surface area contributed by atoms with Crippen LogP contribution >= 0.6 is 0 Å². The standard InChI is InChI=1S/C18H31N5O3Si/c1-18(2,3)27(4,5)25-9-12-7-6-8-13(24)17(26-12)23-11-22-14-15(19)20-10-21-16(14)23/h10-13,17,24H,6-9H2,1-5H3,(H2,19,20,21)/t12-,13+,17+/m0/s1. The van der Waals surface area contributed by atoms with Gasteiger partial charge in [-0.05, 0) is 37.4 Å². The molecule has 0 unspecified atom stereocenters. The van der Waals surface area contributed by atoms with Crippen LogP contribution in [0.3, 0.4) is 0 Å². The summed E-state index contributed by atoms with van der Waals surface area (Å²) in [6.45, 7) is 11.7. The number of nitrogen functional groups attached to an aromatic ring is 1. The predicted octanol–water partition coefficient (Wildman–Crippen LogP) is 2.86. The van der Waals surface area contributed by atoms with E-state index in [1.807, 2.05) is 0 Å². The Kier molecular flexibility index (Phi) is 5.58. The Hall–Kier alpha value is -1.55. The molecule has 1 aliphatic heterocycles. The number of rotatable bonds is 4. The third kappa shape index (κ3) is 4.16. The van der Waals surface area contributed by atoms with Gasteiger partial charge in [-0.15, -0.1) is 0 Å². The number of nitrogens with zero attached hydrogens (tertiary/aromatic N) is 4. The van der Waals surface area contributed by atoms with Crippen LogP contribution in [0.25, 0.3) is 11.2 Å². The molecule has 0 saturated carbocycles. The lowest BCUT2D eigenvalue weighted by Crippen LogP contribution is -2.43. The lowest BCUT2D eigenvalue weighted by molar-refractivity contribution is -0.115. The van der Waals surface area contributed by atoms with Gasteiger partial charge in [0.15, 0.2) is 26.0 Å². The Morgan fingerprint density at radius 2 is 2.04 bits per heavy atom. The van der Waals surface area contributed by atoms with Crippen LogP contribution in [0.1, 0.15) is 46.3 Å². The molecule has 8 nitrogen and oxygen atoms in total. The van der Waals surface area contributed by atoms with Crippen molar-refractivity contribution in [3.8, 4) is 0 Å². The number of ether oxygens (including phenoxy) is 1. The molecule has 150 valence electrons. The van der Waals surface area contributed by atoms with Gasteiger partial charge in [0.05, 0.1) is 25.1 Å². The van der Waals surface area contributed by atoms with Crippen LogP contribution in [0.2, 0.25) is 18.1 Å². The van der Waals surface area contributed by atoms with Crippen molar-refractivity contribution in [2.45, 2.75) is 76.6 Å². The SMILES string of the molecule is CC(C)(C)[Si](C)(C)OC[C@@H]1CCC[C@@H](O)[C@H](n2cnc3c(N)ncnc32)O1. The van der Waals surface area contributed by atoms with Crippen molar-refractivity contribution in [2.24, 2.45) is 0 Å². The minimum Gasteiger partial charge on any atom is -0.414 e. The highest BCUT2D eigenvalue weighted by Gasteiger charge is 2.38. The van der Waals surface area contributed by atoms with Crippen molar-refractivity contribution in [2.75, 3.05) is 12.3 Å². The smallest absolute Gasteiger partial charge is 0.192 e. The molecular weight excluding hydrogens is 362 g/mol.